The van der Waals surface area contributed by atoms with Gasteiger partial charge in [-0.2, -0.15) is 0 Å². The number of aryl methyl sites for hydroxylation is 1. The van der Waals surface area contributed by atoms with Crippen molar-refractivity contribution in [3.05, 3.63) is 23.4 Å². The Balaban J connectivity index is 2.81. The molecule has 1 atom stereocenters. The zero-order valence-electron chi connectivity index (χ0n) is 9.86. The third-order valence-electron chi connectivity index (χ3n) is 2.59. The lowest BCUT2D eigenvalue weighted by Gasteiger charge is -2.09. The molecule has 2 N–H and O–H groups in total. The Morgan fingerprint density at radius 1 is 1.40 bits per heavy atom. The molecule has 0 bridgehead atoms. The Labute approximate surface area is 91.4 Å². The van der Waals surface area contributed by atoms with Crippen LogP contribution in [0.25, 0.3) is 0 Å². The highest BCUT2D eigenvalue weighted by Crippen LogP contribution is 2.09. The van der Waals surface area contributed by atoms with Crippen LogP contribution in [0.2, 0.25) is 0 Å². The van der Waals surface area contributed by atoms with E-state index in [1.807, 2.05) is 19.2 Å². The van der Waals surface area contributed by atoms with Crippen molar-refractivity contribution in [2.45, 2.75) is 33.7 Å². The van der Waals surface area contributed by atoms with Gasteiger partial charge < -0.3 is 5.73 Å². The summed E-state index contributed by atoms with van der Waals surface area (Å²) in [6, 6.07) is 2.20. The summed E-state index contributed by atoms with van der Waals surface area (Å²) < 4.78 is 0. The van der Waals surface area contributed by atoms with Crippen molar-refractivity contribution >= 4 is 12.0 Å². The summed E-state index contributed by atoms with van der Waals surface area (Å²) in [6.07, 6.45) is 3.65. The number of pyridine rings is 1. The van der Waals surface area contributed by atoms with Gasteiger partial charge in [0.05, 0.1) is 0 Å². The summed E-state index contributed by atoms with van der Waals surface area (Å²) in [4.78, 5) is 8.53. The summed E-state index contributed by atoms with van der Waals surface area (Å²) >= 11 is 0. The van der Waals surface area contributed by atoms with Crippen molar-refractivity contribution in [2.75, 3.05) is 5.73 Å². The summed E-state index contributed by atoms with van der Waals surface area (Å²) in [6.45, 7) is 8.45. The average molecular weight is 205 g/mol. The number of rotatable bonds is 3. The lowest BCUT2D eigenvalue weighted by atomic mass is 10.1. The molecule has 0 aromatic carbocycles. The van der Waals surface area contributed by atoms with Crippen molar-refractivity contribution in [3.63, 3.8) is 0 Å². The van der Waals surface area contributed by atoms with Gasteiger partial charge in [-0.15, -0.1) is 0 Å². The van der Waals surface area contributed by atoms with E-state index in [1.165, 1.54) is 0 Å². The molecule has 1 unspecified atom stereocenters. The van der Waals surface area contributed by atoms with E-state index in [-0.39, 0.29) is 0 Å². The van der Waals surface area contributed by atoms with Crippen LogP contribution in [0.3, 0.4) is 0 Å². The fourth-order valence-electron chi connectivity index (χ4n) is 1.09. The monoisotopic (exact) mass is 205 g/mol. The van der Waals surface area contributed by atoms with Gasteiger partial charge in [0, 0.05) is 24.0 Å². The quantitative estimate of drug-likeness (QED) is 0.770. The maximum Gasteiger partial charge on any atom is 0.123 e. The molecule has 0 saturated heterocycles. The minimum absolute atomic E-state index is 0.335. The molecule has 3 heteroatoms. The third-order valence-corrected chi connectivity index (χ3v) is 2.59. The molecule has 1 heterocycles. The van der Waals surface area contributed by atoms with Crippen LogP contribution in [0.4, 0.5) is 5.82 Å². The van der Waals surface area contributed by atoms with E-state index < -0.39 is 0 Å². The minimum Gasteiger partial charge on any atom is -0.384 e. The second kappa shape index (κ2) is 4.91. The highest BCUT2D eigenvalue weighted by Gasteiger charge is 2.03. The van der Waals surface area contributed by atoms with Gasteiger partial charge in [-0.25, -0.2) is 4.98 Å². The molecule has 0 amide bonds. The smallest absolute Gasteiger partial charge is 0.123 e. The number of hydrogen-bond acceptors (Lipinski definition) is 3. The van der Waals surface area contributed by atoms with Gasteiger partial charge in [-0.05, 0) is 31.4 Å². The largest absolute Gasteiger partial charge is 0.384 e. The van der Waals surface area contributed by atoms with Crippen LogP contribution in [0.15, 0.2) is 17.3 Å². The molecule has 15 heavy (non-hydrogen) atoms. The number of hydrogen-bond donors (Lipinski definition) is 1. The zero-order chi connectivity index (χ0) is 11.4. The molecule has 1 aromatic rings. The van der Waals surface area contributed by atoms with Gasteiger partial charge in [0.15, 0.2) is 0 Å². The van der Waals surface area contributed by atoms with Crippen molar-refractivity contribution in [2.24, 2.45) is 10.9 Å². The van der Waals surface area contributed by atoms with Crippen molar-refractivity contribution < 1.29 is 0 Å². The molecule has 0 aliphatic heterocycles. The second-order valence-electron chi connectivity index (χ2n) is 4.23. The summed E-state index contributed by atoms with van der Waals surface area (Å²) in [7, 11) is 0. The van der Waals surface area contributed by atoms with E-state index in [9.17, 15) is 0 Å². The topological polar surface area (TPSA) is 51.3 Å². The van der Waals surface area contributed by atoms with Crippen LogP contribution in [-0.4, -0.2) is 17.2 Å². The van der Waals surface area contributed by atoms with Gasteiger partial charge in [-0.1, -0.05) is 13.8 Å². The SMILES string of the molecule is Cc1cc(N)ncc1/C=N\C(C)C(C)C. The number of nitrogen functional groups attached to an aromatic ring is 1. The minimum atomic E-state index is 0.335. The first-order valence-corrected chi connectivity index (χ1v) is 5.26. The Morgan fingerprint density at radius 3 is 2.60 bits per heavy atom. The lowest BCUT2D eigenvalue weighted by Crippen LogP contribution is -2.07. The standard InChI is InChI=1S/C12H19N3/c1-8(2)10(4)14-6-11-7-15-12(13)5-9(11)3/h5-8,10H,1-4H3,(H2,13,15)/b14-6-. The normalized spacial score (nSPS) is 13.7. The number of anilines is 1. The molecular weight excluding hydrogens is 186 g/mol. The number of aliphatic imine (C=N–C) groups is 1. The lowest BCUT2D eigenvalue weighted by molar-refractivity contribution is 0.533. The van der Waals surface area contributed by atoms with Crippen LogP contribution >= 0.6 is 0 Å². The maximum absolute atomic E-state index is 5.58. The van der Waals surface area contributed by atoms with Gasteiger partial charge >= 0.3 is 0 Å². The number of nitrogens with two attached hydrogens (primary N) is 1. The van der Waals surface area contributed by atoms with Crippen molar-refractivity contribution in [1.29, 1.82) is 0 Å². The fraction of sp³-hybridized carbons (Fsp3) is 0.500. The molecule has 0 radical (unpaired) electrons. The third kappa shape index (κ3) is 3.35. The van der Waals surface area contributed by atoms with E-state index in [0.29, 0.717) is 17.8 Å². The van der Waals surface area contributed by atoms with Gasteiger partial charge in [0.1, 0.15) is 5.82 Å². The van der Waals surface area contributed by atoms with E-state index in [0.717, 1.165) is 11.1 Å². The molecule has 1 rings (SSSR count). The van der Waals surface area contributed by atoms with E-state index >= 15 is 0 Å². The van der Waals surface area contributed by atoms with Gasteiger partial charge in [0.25, 0.3) is 0 Å². The predicted molar refractivity (Wildman–Crippen MR) is 65.3 cm³/mol. The van der Waals surface area contributed by atoms with E-state index in [1.54, 1.807) is 6.20 Å². The highest BCUT2D eigenvalue weighted by molar-refractivity contribution is 5.81. The van der Waals surface area contributed by atoms with Crippen LogP contribution in [-0.2, 0) is 0 Å². The van der Waals surface area contributed by atoms with E-state index in [2.05, 4.69) is 30.7 Å². The maximum atomic E-state index is 5.58. The molecule has 0 aliphatic rings. The highest BCUT2D eigenvalue weighted by atomic mass is 14.8. The Kier molecular flexibility index (Phi) is 3.83. The Hall–Kier alpha value is -1.38. The van der Waals surface area contributed by atoms with Crippen LogP contribution in [0.5, 0.6) is 0 Å². The number of nitrogens with zero attached hydrogens (tertiary/aromatic N) is 2. The first kappa shape index (κ1) is 11.7. The average Bonchev–Trinajstić information content (AvgIpc) is 2.15. The molecule has 3 nitrogen and oxygen atoms in total. The first-order valence-electron chi connectivity index (χ1n) is 5.26. The molecule has 1 aromatic heterocycles. The van der Waals surface area contributed by atoms with Crippen molar-refractivity contribution in [1.82, 2.24) is 4.98 Å². The zero-order valence-corrected chi connectivity index (χ0v) is 9.86. The Bertz CT molecular complexity index is 356. The molecule has 0 fully saturated rings. The molecular formula is C12H19N3. The van der Waals surface area contributed by atoms with Gasteiger partial charge in [-0.3, -0.25) is 4.99 Å². The van der Waals surface area contributed by atoms with Crippen LogP contribution < -0.4 is 5.73 Å². The summed E-state index contributed by atoms with van der Waals surface area (Å²) in [5, 5.41) is 0. The summed E-state index contributed by atoms with van der Waals surface area (Å²) in [5.74, 6) is 1.12. The number of aromatic nitrogens is 1. The van der Waals surface area contributed by atoms with Crippen LogP contribution in [0.1, 0.15) is 31.9 Å². The van der Waals surface area contributed by atoms with E-state index in [4.69, 9.17) is 5.73 Å². The molecule has 82 valence electrons. The Morgan fingerprint density at radius 2 is 2.07 bits per heavy atom. The van der Waals surface area contributed by atoms with Crippen molar-refractivity contribution in [3.8, 4) is 0 Å². The summed E-state index contributed by atoms with van der Waals surface area (Å²) in [5.41, 5.74) is 7.73. The molecule has 0 saturated carbocycles. The van der Waals surface area contributed by atoms with Gasteiger partial charge in [0.2, 0.25) is 0 Å². The predicted octanol–water partition coefficient (Wildman–Crippen LogP) is 2.44. The molecule has 0 aliphatic carbocycles. The van der Waals surface area contributed by atoms with Crippen LogP contribution in [0, 0.1) is 12.8 Å². The fourth-order valence-corrected chi connectivity index (χ4v) is 1.09. The second-order valence-corrected chi connectivity index (χ2v) is 4.23. The first-order chi connectivity index (χ1) is 7.00. The molecule has 0 spiro atoms.